The highest BCUT2D eigenvalue weighted by atomic mass is 32.2. The van der Waals surface area contributed by atoms with E-state index < -0.39 is 0 Å². The van der Waals surface area contributed by atoms with E-state index >= 15 is 0 Å². The normalized spacial score (nSPS) is 36.2. The first-order chi connectivity index (χ1) is 6.26. The smallest absolute Gasteiger partial charge is 0.311 e. The van der Waals surface area contributed by atoms with Gasteiger partial charge in [0, 0.05) is 4.91 Å². The molecule has 3 nitrogen and oxygen atoms in total. The summed E-state index contributed by atoms with van der Waals surface area (Å²) in [6.07, 6.45) is 4.96. The zero-order valence-corrected chi connectivity index (χ0v) is 8.47. The maximum atomic E-state index is 11.3. The fourth-order valence-electron chi connectivity index (χ4n) is 1.89. The number of carbonyl (C=O) groups excluding carboxylic acids is 1. The fraction of sp³-hybridized carbons (Fsp3) is 0.667. The summed E-state index contributed by atoms with van der Waals surface area (Å²) in [5.74, 6) is -0.227. The van der Waals surface area contributed by atoms with Gasteiger partial charge in [0.25, 0.3) is 0 Å². The first kappa shape index (κ1) is 9.09. The number of hydrogen-bond donors (Lipinski definition) is 0. The van der Waals surface area contributed by atoms with Crippen molar-refractivity contribution in [3.63, 3.8) is 0 Å². The topological polar surface area (TPSA) is 35.5 Å². The first-order valence-electron chi connectivity index (χ1n) is 4.25. The summed E-state index contributed by atoms with van der Waals surface area (Å²) in [6, 6.07) is 0. The molecule has 0 amide bonds. The van der Waals surface area contributed by atoms with Crippen molar-refractivity contribution in [2.45, 2.75) is 18.6 Å². The lowest BCUT2D eigenvalue weighted by molar-refractivity contribution is -0.146. The van der Waals surface area contributed by atoms with Gasteiger partial charge in [-0.3, -0.25) is 4.79 Å². The fourth-order valence-corrected chi connectivity index (χ4v) is 2.58. The van der Waals surface area contributed by atoms with Crippen LogP contribution in [0.3, 0.4) is 0 Å². The highest BCUT2D eigenvalue weighted by Crippen LogP contribution is 2.42. The number of ether oxygens (including phenoxy) is 2. The minimum absolute atomic E-state index is 0.0418. The van der Waals surface area contributed by atoms with E-state index in [0.717, 1.165) is 6.42 Å². The molecule has 13 heavy (non-hydrogen) atoms. The zero-order valence-electron chi connectivity index (χ0n) is 7.65. The molecule has 0 aromatic rings. The van der Waals surface area contributed by atoms with Gasteiger partial charge >= 0.3 is 5.97 Å². The molecule has 1 saturated heterocycles. The van der Waals surface area contributed by atoms with E-state index in [9.17, 15) is 4.79 Å². The molecule has 2 bridgehead atoms. The highest BCUT2D eigenvalue weighted by molar-refractivity contribution is 8.02. The van der Waals surface area contributed by atoms with Crippen LogP contribution >= 0.6 is 11.8 Å². The van der Waals surface area contributed by atoms with Gasteiger partial charge in [-0.05, 0) is 18.8 Å². The van der Waals surface area contributed by atoms with Gasteiger partial charge in [-0.15, -0.1) is 11.8 Å². The van der Waals surface area contributed by atoms with Gasteiger partial charge in [-0.25, -0.2) is 0 Å². The van der Waals surface area contributed by atoms with Crippen LogP contribution in [0.4, 0.5) is 0 Å². The lowest BCUT2D eigenvalue weighted by Crippen LogP contribution is -2.24. The number of thioether (sulfide) groups is 1. The van der Waals surface area contributed by atoms with Crippen molar-refractivity contribution in [2.24, 2.45) is 5.92 Å². The molecule has 0 aromatic carbocycles. The Morgan fingerprint density at radius 2 is 2.54 bits per heavy atom. The van der Waals surface area contributed by atoms with Crippen molar-refractivity contribution in [3.05, 3.63) is 11.0 Å². The lowest BCUT2D eigenvalue weighted by Gasteiger charge is -2.14. The first-order valence-corrected chi connectivity index (χ1v) is 5.47. The minimum atomic E-state index is -0.149. The quantitative estimate of drug-likeness (QED) is 0.627. The zero-order chi connectivity index (χ0) is 9.42. The molecule has 0 N–H and O–H groups in total. The van der Waals surface area contributed by atoms with Crippen LogP contribution in [0.1, 0.15) is 6.42 Å². The summed E-state index contributed by atoms with van der Waals surface area (Å²) in [5.41, 5.74) is 0. The maximum Gasteiger partial charge on any atom is 0.311 e. The molecule has 0 spiro atoms. The minimum Gasteiger partial charge on any atom is -0.469 e. The van der Waals surface area contributed by atoms with Crippen molar-refractivity contribution < 1.29 is 14.3 Å². The number of fused-ring (bicyclic) bond motifs is 2. The molecule has 2 aliphatic heterocycles. The van der Waals surface area contributed by atoms with Crippen molar-refractivity contribution in [1.29, 1.82) is 0 Å². The molecule has 4 heteroatoms. The molecule has 0 saturated carbocycles. The number of carbonyl (C=O) groups is 1. The molecule has 0 aliphatic carbocycles. The van der Waals surface area contributed by atoms with Gasteiger partial charge in [-0.2, -0.15) is 0 Å². The highest BCUT2D eigenvalue weighted by Gasteiger charge is 2.45. The Hall–Kier alpha value is -0.480. The van der Waals surface area contributed by atoms with Gasteiger partial charge < -0.3 is 9.47 Å². The van der Waals surface area contributed by atoms with E-state index in [4.69, 9.17) is 9.47 Å². The molecule has 2 heterocycles. The molecule has 2 aliphatic rings. The van der Waals surface area contributed by atoms with Gasteiger partial charge in [0.1, 0.15) is 0 Å². The number of rotatable bonds is 2. The van der Waals surface area contributed by atoms with Crippen LogP contribution in [-0.2, 0) is 14.3 Å². The van der Waals surface area contributed by atoms with Crippen LogP contribution < -0.4 is 0 Å². The molecule has 0 aromatic heterocycles. The van der Waals surface area contributed by atoms with Crippen molar-refractivity contribution in [2.75, 3.05) is 13.4 Å². The second-order valence-electron chi connectivity index (χ2n) is 3.23. The van der Waals surface area contributed by atoms with E-state index in [0.29, 0.717) is 0 Å². The van der Waals surface area contributed by atoms with E-state index in [-0.39, 0.29) is 24.1 Å². The predicted octanol–water partition coefficient (Wildman–Crippen LogP) is 1.19. The van der Waals surface area contributed by atoms with E-state index in [1.54, 1.807) is 11.8 Å². The van der Waals surface area contributed by atoms with Crippen LogP contribution in [0.5, 0.6) is 0 Å². The van der Waals surface area contributed by atoms with E-state index in [2.05, 4.69) is 0 Å². The summed E-state index contributed by atoms with van der Waals surface area (Å²) < 4.78 is 10.3. The molecule has 3 atom stereocenters. The Morgan fingerprint density at radius 3 is 3.00 bits per heavy atom. The summed E-state index contributed by atoms with van der Waals surface area (Å²) >= 11 is 1.70. The Kier molecular flexibility index (Phi) is 2.34. The largest absolute Gasteiger partial charge is 0.469 e. The van der Waals surface area contributed by atoms with Gasteiger partial charge in [-0.1, -0.05) is 0 Å². The molecule has 1 fully saturated rings. The third kappa shape index (κ3) is 1.38. The van der Waals surface area contributed by atoms with Crippen molar-refractivity contribution in [1.82, 2.24) is 0 Å². The standard InChI is InChI=1S/C9H12O3S/c1-11-9(10)5-3-7-8(13-2)4-6(5)12-7/h4-7H,3H2,1-2H3. The average molecular weight is 200 g/mol. The summed E-state index contributed by atoms with van der Waals surface area (Å²) in [6.45, 7) is 0. The third-order valence-corrected chi connectivity index (χ3v) is 3.44. The van der Waals surface area contributed by atoms with Crippen LogP contribution in [0.15, 0.2) is 11.0 Å². The Morgan fingerprint density at radius 1 is 1.77 bits per heavy atom. The monoisotopic (exact) mass is 200 g/mol. The number of methoxy groups -OCH3 is 1. The number of esters is 1. The van der Waals surface area contributed by atoms with Crippen LogP contribution in [-0.4, -0.2) is 31.5 Å². The SMILES string of the molecule is COC(=O)C1CC2OC1C=C2SC. The van der Waals surface area contributed by atoms with Crippen molar-refractivity contribution in [3.8, 4) is 0 Å². The second kappa shape index (κ2) is 3.35. The maximum absolute atomic E-state index is 11.3. The second-order valence-corrected chi connectivity index (χ2v) is 4.11. The van der Waals surface area contributed by atoms with Crippen LogP contribution in [0.25, 0.3) is 0 Å². The Labute approximate surface area is 81.5 Å². The predicted molar refractivity (Wildman–Crippen MR) is 50.4 cm³/mol. The number of hydrogen-bond acceptors (Lipinski definition) is 4. The van der Waals surface area contributed by atoms with Crippen LogP contribution in [0, 0.1) is 5.92 Å². The molecule has 72 valence electrons. The molecular formula is C9H12O3S. The summed E-state index contributed by atoms with van der Waals surface area (Å²) in [5, 5.41) is 0. The average Bonchev–Trinajstić information content (AvgIpc) is 2.74. The molecule has 0 radical (unpaired) electrons. The van der Waals surface area contributed by atoms with E-state index in [1.807, 2.05) is 12.3 Å². The Balaban J connectivity index is 2.09. The molecular weight excluding hydrogens is 188 g/mol. The van der Waals surface area contributed by atoms with E-state index in [1.165, 1.54) is 12.0 Å². The molecule has 3 unspecified atom stereocenters. The lowest BCUT2D eigenvalue weighted by atomic mass is 9.94. The summed E-state index contributed by atoms with van der Waals surface area (Å²) in [7, 11) is 1.42. The molecule has 2 rings (SSSR count). The summed E-state index contributed by atoms with van der Waals surface area (Å²) in [4.78, 5) is 12.5. The van der Waals surface area contributed by atoms with Gasteiger partial charge in [0.2, 0.25) is 0 Å². The van der Waals surface area contributed by atoms with Gasteiger partial charge in [0.15, 0.2) is 0 Å². The Bertz CT molecular complexity index is 262. The van der Waals surface area contributed by atoms with Crippen molar-refractivity contribution >= 4 is 17.7 Å². The third-order valence-electron chi connectivity index (χ3n) is 2.57. The van der Waals surface area contributed by atoms with Gasteiger partial charge in [0.05, 0.1) is 25.2 Å². The van der Waals surface area contributed by atoms with Crippen LogP contribution in [0.2, 0.25) is 0 Å².